The lowest BCUT2D eigenvalue weighted by molar-refractivity contribution is 0.000752. The molecule has 0 spiro atoms. The molecule has 0 bridgehead atoms. The van der Waals surface area contributed by atoms with E-state index in [1.807, 2.05) is 32.9 Å². The van der Waals surface area contributed by atoms with Gasteiger partial charge < -0.3 is 14.1 Å². The highest BCUT2D eigenvalue weighted by atomic mass is 79.9. The molecule has 0 N–H and O–H groups in total. The molecular weight excluding hydrogens is 352 g/mol. The lowest BCUT2D eigenvalue weighted by atomic mass is 10.1. The van der Waals surface area contributed by atoms with Crippen LogP contribution in [0.4, 0.5) is 4.79 Å². The van der Waals surface area contributed by atoms with E-state index < -0.39 is 11.4 Å². The van der Waals surface area contributed by atoms with Gasteiger partial charge in [0.15, 0.2) is 5.58 Å². The summed E-state index contributed by atoms with van der Waals surface area (Å²) < 4.78 is 13.0. The minimum atomic E-state index is -0.522. The number of rotatable bonds is 1. The Kier molecular flexibility index (Phi) is 3.55. The number of halogens is 1. The SMILES string of the molecule is CC(C)(C)OC(=O)N1CC(n2c(=O)oc3ccc(Br)cc32)C1. The van der Waals surface area contributed by atoms with Gasteiger partial charge in [0.25, 0.3) is 0 Å². The molecule has 118 valence electrons. The van der Waals surface area contributed by atoms with Crippen molar-refractivity contribution < 1.29 is 13.9 Å². The van der Waals surface area contributed by atoms with E-state index in [9.17, 15) is 9.59 Å². The third-order valence-corrected chi connectivity index (χ3v) is 3.95. The molecule has 2 aromatic rings. The van der Waals surface area contributed by atoms with E-state index in [4.69, 9.17) is 9.15 Å². The second-order valence-corrected chi connectivity index (χ2v) is 7.30. The van der Waals surface area contributed by atoms with Crippen molar-refractivity contribution in [2.24, 2.45) is 0 Å². The first-order chi connectivity index (χ1) is 10.2. The Bertz CT molecular complexity index is 781. The Labute approximate surface area is 135 Å². The monoisotopic (exact) mass is 368 g/mol. The average molecular weight is 369 g/mol. The van der Waals surface area contributed by atoms with Crippen molar-refractivity contribution in [1.29, 1.82) is 0 Å². The summed E-state index contributed by atoms with van der Waals surface area (Å²) in [5.41, 5.74) is 0.754. The van der Waals surface area contributed by atoms with Crippen molar-refractivity contribution in [3.8, 4) is 0 Å². The van der Waals surface area contributed by atoms with E-state index in [0.29, 0.717) is 18.7 Å². The first-order valence-corrected chi connectivity index (χ1v) is 7.82. The molecule has 0 aliphatic carbocycles. The Morgan fingerprint density at radius 1 is 1.36 bits per heavy atom. The maximum atomic E-state index is 12.0. The Hall–Kier alpha value is -1.76. The van der Waals surface area contributed by atoms with Crippen LogP contribution in [0.15, 0.2) is 31.9 Å². The normalized spacial score (nSPS) is 15.9. The van der Waals surface area contributed by atoms with Crippen LogP contribution in [0, 0.1) is 0 Å². The van der Waals surface area contributed by atoms with Gasteiger partial charge in [-0.3, -0.25) is 4.57 Å². The number of nitrogens with zero attached hydrogens (tertiary/aromatic N) is 2. The lowest BCUT2D eigenvalue weighted by Crippen LogP contribution is -2.53. The fraction of sp³-hybridized carbons (Fsp3) is 0.467. The van der Waals surface area contributed by atoms with E-state index in [0.717, 1.165) is 9.99 Å². The van der Waals surface area contributed by atoms with E-state index in [-0.39, 0.29) is 12.1 Å². The van der Waals surface area contributed by atoms with Crippen LogP contribution in [0.5, 0.6) is 0 Å². The average Bonchev–Trinajstić information content (AvgIpc) is 2.62. The standard InChI is InChI=1S/C15H17BrN2O4/c1-15(2,3)22-13(19)17-7-10(8-17)18-11-6-9(16)4-5-12(11)21-14(18)20/h4-6,10H,7-8H2,1-3H3. The second-order valence-electron chi connectivity index (χ2n) is 6.39. The number of carbonyl (C=O) groups is 1. The zero-order chi connectivity index (χ0) is 16.1. The zero-order valence-electron chi connectivity index (χ0n) is 12.6. The van der Waals surface area contributed by atoms with Crippen LogP contribution in [0.3, 0.4) is 0 Å². The topological polar surface area (TPSA) is 64.7 Å². The predicted octanol–water partition coefficient (Wildman–Crippen LogP) is 3.15. The van der Waals surface area contributed by atoms with Crippen LogP contribution in [-0.4, -0.2) is 34.3 Å². The Morgan fingerprint density at radius 2 is 2.05 bits per heavy atom. The molecule has 1 aromatic heterocycles. The Morgan fingerprint density at radius 3 is 2.68 bits per heavy atom. The number of fused-ring (bicyclic) bond motifs is 1. The molecule has 0 unspecified atom stereocenters. The van der Waals surface area contributed by atoms with Gasteiger partial charge >= 0.3 is 11.8 Å². The summed E-state index contributed by atoms with van der Waals surface area (Å²) >= 11 is 3.39. The van der Waals surface area contributed by atoms with Crippen LogP contribution in [0.1, 0.15) is 26.8 Å². The highest BCUT2D eigenvalue weighted by molar-refractivity contribution is 9.10. The second kappa shape index (κ2) is 5.15. The quantitative estimate of drug-likeness (QED) is 0.775. The van der Waals surface area contributed by atoms with Crippen LogP contribution < -0.4 is 5.76 Å². The summed E-state index contributed by atoms with van der Waals surface area (Å²) in [7, 11) is 0. The molecule has 7 heteroatoms. The minimum Gasteiger partial charge on any atom is -0.444 e. The number of aromatic nitrogens is 1. The van der Waals surface area contributed by atoms with Crippen molar-refractivity contribution in [3.63, 3.8) is 0 Å². The molecule has 3 rings (SSSR count). The summed E-state index contributed by atoms with van der Waals surface area (Å²) in [4.78, 5) is 25.6. The summed E-state index contributed by atoms with van der Waals surface area (Å²) in [6.07, 6.45) is -0.356. The lowest BCUT2D eigenvalue weighted by Gasteiger charge is -2.39. The molecule has 0 radical (unpaired) electrons. The highest BCUT2D eigenvalue weighted by Crippen LogP contribution is 2.27. The molecule has 1 amide bonds. The smallest absolute Gasteiger partial charge is 0.420 e. The summed E-state index contributed by atoms with van der Waals surface area (Å²) in [5, 5.41) is 0. The number of benzene rings is 1. The van der Waals surface area contributed by atoms with Crippen LogP contribution in [0.25, 0.3) is 11.1 Å². The molecule has 0 saturated carbocycles. The zero-order valence-corrected chi connectivity index (χ0v) is 14.2. The number of amides is 1. The molecule has 1 aromatic carbocycles. The van der Waals surface area contributed by atoms with Crippen molar-refractivity contribution in [1.82, 2.24) is 9.47 Å². The van der Waals surface area contributed by atoms with E-state index in [2.05, 4.69) is 15.9 Å². The summed E-state index contributed by atoms with van der Waals surface area (Å²) in [6, 6.07) is 5.33. The molecule has 1 fully saturated rings. The number of likely N-dealkylation sites (tertiary alicyclic amines) is 1. The first kappa shape index (κ1) is 15.1. The number of hydrogen-bond donors (Lipinski definition) is 0. The van der Waals surface area contributed by atoms with Gasteiger partial charge in [0, 0.05) is 17.6 Å². The van der Waals surface area contributed by atoms with Crippen molar-refractivity contribution in [3.05, 3.63) is 33.2 Å². The number of hydrogen-bond acceptors (Lipinski definition) is 4. The van der Waals surface area contributed by atoms with Crippen LogP contribution in [-0.2, 0) is 4.74 Å². The molecule has 1 aliphatic rings. The Balaban J connectivity index is 1.79. The van der Waals surface area contributed by atoms with Gasteiger partial charge in [0.05, 0.1) is 11.6 Å². The summed E-state index contributed by atoms with van der Waals surface area (Å²) in [6.45, 7) is 6.36. The molecule has 0 atom stereocenters. The van der Waals surface area contributed by atoms with Crippen LogP contribution in [0.2, 0.25) is 0 Å². The number of carbonyl (C=O) groups excluding carboxylic acids is 1. The van der Waals surface area contributed by atoms with Gasteiger partial charge in [0.1, 0.15) is 5.60 Å². The maximum absolute atomic E-state index is 12.0. The largest absolute Gasteiger partial charge is 0.444 e. The number of oxazole rings is 1. The molecule has 1 aliphatic heterocycles. The fourth-order valence-corrected chi connectivity index (χ4v) is 2.80. The third-order valence-electron chi connectivity index (χ3n) is 3.45. The van der Waals surface area contributed by atoms with Gasteiger partial charge in [0.2, 0.25) is 0 Å². The fourth-order valence-electron chi connectivity index (χ4n) is 2.45. The van der Waals surface area contributed by atoms with Gasteiger partial charge in [-0.25, -0.2) is 9.59 Å². The first-order valence-electron chi connectivity index (χ1n) is 7.03. The highest BCUT2D eigenvalue weighted by Gasteiger charge is 2.36. The molecule has 6 nitrogen and oxygen atoms in total. The van der Waals surface area contributed by atoms with Gasteiger partial charge in [-0.15, -0.1) is 0 Å². The van der Waals surface area contributed by atoms with Gasteiger partial charge in [-0.05, 0) is 39.0 Å². The van der Waals surface area contributed by atoms with Crippen LogP contribution >= 0.6 is 15.9 Å². The van der Waals surface area contributed by atoms with Gasteiger partial charge in [-0.2, -0.15) is 0 Å². The summed E-state index contributed by atoms with van der Waals surface area (Å²) in [5.74, 6) is -0.401. The van der Waals surface area contributed by atoms with Gasteiger partial charge in [-0.1, -0.05) is 15.9 Å². The minimum absolute atomic E-state index is 0.0874. The molecule has 22 heavy (non-hydrogen) atoms. The molecular formula is C15H17BrN2O4. The molecule has 2 heterocycles. The van der Waals surface area contributed by atoms with Crippen molar-refractivity contribution in [2.75, 3.05) is 13.1 Å². The van der Waals surface area contributed by atoms with Crippen molar-refractivity contribution in [2.45, 2.75) is 32.4 Å². The van der Waals surface area contributed by atoms with E-state index >= 15 is 0 Å². The maximum Gasteiger partial charge on any atom is 0.420 e. The van der Waals surface area contributed by atoms with Crippen molar-refractivity contribution >= 4 is 33.1 Å². The number of ether oxygens (including phenoxy) is 1. The third kappa shape index (κ3) is 2.77. The predicted molar refractivity (Wildman–Crippen MR) is 85.0 cm³/mol. The molecule has 1 saturated heterocycles. The van der Waals surface area contributed by atoms with E-state index in [1.165, 1.54) is 0 Å². The van der Waals surface area contributed by atoms with E-state index in [1.54, 1.807) is 15.5 Å².